The van der Waals surface area contributed by atoms with Crippen LogP contribution in [-0.2, 0) is 20.7 Å². The summed E-state index contributed by atoms with van der Waals surface area (Å²) >= 11 is 0. The quantitative estimate of drug-likeness (QED) is 0.610. The maximum Gasteiger partial charge on any atom is 0.407 e. The van der Waals surface area contributed by atoms with Crippen LogP contribution in [0.1, 0.15) is 45.1 Å². The van der Waals surface area contributed by atoms with Crippen molar-refractivity contribution in [2.24, 2.45) is 5.73 Å². The fourth-order valence-corrected chi connectivity index (χ4v) is 2.09. The molecule has 7 heteroatoms. The number of unbranched alkanes of at least 4 members (excludes halogenated alkanes) is 3. The minimum absolute atomic E-state index is 0.0287. The Balaban J connectivity index is 0.00000153. The Kier molecular flexibility index (Phi) is 14.2. The normalized spacial score (nSPS) is 9.59. The van der Waals surface area contributed by atoms with E-state index in [1.165, 1.54) is 12.5 Å². The molecule has 152 valence electrons. The van der Waals surface area contributed by atoms with Gasteiger partial charge in [0.1, 0.15) is 6.54 Å². The van der Waals surface area contributed by atoms with E-state index >= 15 is 0 Å². The van der Waals surface area contributed by atoms with E-state index in [9.17, 15) is 14.4 Å². The molecular weight excluding hydrogens is 346 g/mol. The number of rotatable bonds is 10. The zero-order chi connectivity index (χ0) is 20.5. The molecule has 0 atom stereocenters. The van der Waals surface area contributed by atoms with Crippen molar-refractivity contribution in [1.82, 2.24) is 10.2 Å². The third kappa shape index (κ3) is 15.4. The van der Waals surface area contributed by atoms with Crippen molar-refractivity contribution in [2.75, 3.05) is 26.7 Å². The fraction of sp³-hybridized carbons (Fsp3) is 0.550. The highest BCUT2D eigenvalue weighted by Gasteiger charge is 2.10. The number of benzene rings is 1. The van der Waals surface area contributed by atoms with Crippen molar-refractivity contribution >= 4 is 17.9 Å². The molecule has 0 radical (unpaired) electrons. The first-order valence-corrected chi connectivity index (χ1v) is 9.31. The molecule has 0 aromatic heterocycles. The number of likely N-dealkylation sites (N-methyl/N-ethyl adjacent to an activating group) is 1. The summed E-state index contributed by atoms with van der Waals surface area (Å²) in [4.78, 5) is 34.3. The van der Waals surface area contributed by atoms with E-state index in [-0.39, 0.29) is 18.4 Å². The molecule has 0 spiro atoms. The van der Waals surface area contributed by atoms with Gasteiger partial charge in [-0.3, -0.25) is 9.59 Å². The van der Waals surface area contributed by atoms with Gasteiger partial charge in [0, 0.05) is 20.5 Å². The first kappa shape index (κ1) is 24.4. The number of carbonyl (C=O) groups is 3. The van der Waals surface area contributed by atoms with Gasteiger partial charge in [0.25, 0.3) is 0 Å². The van der Waals surface area contributed by atoms with Gasteiger partial charge in [-0.25, -0.2) is 4.79 Å². The van der Waals surface area contributed by atoms with Crippen molar-refractivity contribution in [3.05, 3.63) is 35.9 Å². The number of hydrogen-bond acceptors (Lipinski definition) is 4. The lowest BCUT2D eigenvalue weighted by molar-refractivity contribution is -0.128. The predicted molar refractivity (Wildman–Crippen MR) is 106 cm³/mol. The van der Waals surface area contributed by atoms with E-state index in [0.717, 1.165) is 32.1 Å². The van der Waals surface area contributed by atoms with Gasteiger partial charge >= 0.3 is 6.09 Å². The average molecular weight is 380 g/mol. The Morgan fingerprint density at radius 3 is 2.33 bits per heavy atom. The van der Waals surface area contributed by atoms with Crippen LogP contribution in [0.3, 0.4) is 0 Å². The minimum atomic E-state index is -0.522. The maximum atomic E-state index is 11.9. The van der Waals surface area contributed by atoms with E-state index in [0.29, 0.717) is 13.2 Å². The van der Waals surface area contributed by atoms with E-state index in [2.05, 4.69) is 18.0 Å². The highest BCUT2D eigenvalue weighted by atomic mass is 16.5. The third-order valence-corrected chi connectivity index (χ3v) is 3.62. The summed E-state index contributed by atoms with van der Waals surface area (Å²) < 4.78 is 5.03. The van der Waals surface area contributed by atoms with Gasteiger partial charge in [0.15, 0.2) is 0 Å². The second kappa shape index (κ2) is 15.7. The second-order valence-corrected chi connectivity index (χ2v) is 6.21. The minimum Gasteiger partial charge on any atom is -0.450 e. The molecule has 0 aliphatic carbocycles. The van der Waals surface area contributed by atoms with Crippen LogP contribution in [0.25, 0.3) is 0 Å². The molecule has 1 rings (SSSR count). The van der Waals surface area contributed by atoms with Gasteiger partial charge in [0.2, 0.25) is 11.8 Å². The van der Waals surface area contributed by atoms with Crippen LogP contribution in [0.2, 0.25) is 0 Å². The molecule has 0 unspecified atom stereocenters. The number of carbonyl (C=O) groups excluding carboxylic acids is 3. The van der Waals surface area contributed by atoms with Crippen LogP contribution in [0.5, 0.6) is 0 Å². The molecule has 0 saturated carbocycles. The number of nitrogens with one attached hydrogen (secondary N) is 1. The summed E-state index contributed by atoms with van der Waals surface area (Å²) in [6.07, 6.45) is 4.50. The molecule has 7 nitrogen and oxygen atoms in total. The van der Waals surface area contributed by atoms with Gasteiger partial charge in [-0.05, 0) is 18.4 Å². The van der Waals surface area contributed by atoms with E-state index in [4.69, 9.17) is 4.74 Å². The molecule has 0 aliphatic heterocycles. The molecule has 0 aliphatic rings. The number of alkyl carbamates (subject to hydrolysis) is 1. The van der Waals surface area contributed by atoms with Crippen LogP contribution in [0, 0.1) is 0 Å². The van der Waals surface area contributed by atoms with Gasteiger partial charge in [0.05, 0.1) is 6.61 Å². The first-order chi connectivity index (χ1) is 12.9. The number of nitrogens with two attached hydrogens (primary N) is 1. The first-order valence-electron chi connectivity index (χ1n) is 9.31. The molecule has 0 fully saturated rings. The fourth-order valence-electron chi connectivity index (χ4n) is 2.09. The zero-order valence-corrected chi connectivity index (χ0v) is 16.7. The van der Waals surface area contributed by atoms with Crippen molar-refractivity contribution < 1.29 is 19.1 Å². The Morgan fingerprint density at radius 2 is 1.74 bits per heavy atom. The lowest BCUT2D eigenvalue weighted by Crippen LogP contribution is -2.39. The van der Waals surface area contributed by atoms with Crippen LogP contribution in [0.15, 0.2) is 30.3 Å². The van der Waals surface area contributed by atoms with Crippen molar-refractivity contribution in [2.45, 2.75) is 46.0 Å². The summed E-state index contributed by atoms with van der Waals surface area (Å²) in [6, 6.07) is 10.00. The summed E-state index contributed by atoms with van der Waals surface area (Å²) in [7, 11) is 1.74. The lowest BCUT2D eigenvalue weighted by atomic mass is 10.1. The Morgan fingerprint density at radius 1 is 1.11 bits per heavy atom. The zero-order valence-electron chi connectivity index (χ0n) is 16.7. The number of hydrogen-bond donors (Lipinski definition) is 2. The molecule has 3 N–H and O–H groups in total. The van der Waals surface area contributed by atoms with Crippen LogP contribution < -0.4 is 11.1 Å². The number of amides is 3. The molecule has 0 heterocycles. The van der Waals surface area contributed by atoms with Gasteiger partial charge < -0.3 is 20.7 Å². The van der Waals surface area contributed by atoms with Crippen LogP contribution in [-0.4, -0.2) is 49.6 Å². The summed E-state index contributed by atoms with van der Waals surface area (Å²) in [5.74, 6) is -0.455. The number of nitrogens with zero attached hydrogens (tertiary/aromatic N) is 1. The second-order valence-electron chi connectivity index (χ2n) is 6.21. The molecular formula is C20H33N3O4. The Labute approximate surface area is 162 Å². The largest absolute Gasteiger partial charge is 0.450 e. The van der Waals surface area contributed by atoms with Crippen molar-refractivity contribution in [3.8, 4) is 0 Å². The average Bonchev–Trinajstić information content (AvgIpc) is 2.64. The van der Waals surface area contributed by atoms with Gasteiger partial charge in [-0.2, -0.15) is 0 Å². The number of ether oxygens (including phenoxy) is 1. The van der Waals surface area contributed by atoms with Crippen molar-refractivity contribution in [3.63, 3.8) is 0 Å². The van der Waals surface area contributed by atoms with E-state index < -0.39 is 6.09 Å². The van der Waals surface area contributed by atoms with Gasteiger partial charge in [-0.15, -0.1) is 0 Å². The number of primary amides is 1. The SMILES string of the molecule is CC(N)=O.CCCCCCOC(=O)NCC(=O)N(C)CCc1ccccc1. The van der Waals surface area contributed by atoms with E-state index in [1.807, 2.05) is 30.3 Å². The molecule has 1 aromatic rings. The van der Waals surface area contributed by atoms with Gasteiger partial charge in [-0.1, -0.05) is 56.5 Å². The molecule has 0 bridgehead atoms. The molecule has 1 aromatic carbocycles. The smallest absolute Gasteiger partial charge is 0.407 e. The highest BCUT2D eigenvalue weighted by Crippen LogP contribution is 2.01. The summed E-state index contributed by atoms with van der Waals surface area (Å²) in [6.45, 7) is 4.44. The Hall–Kier alpha value is -2.57. The Bertz CT molecular complexity index is 545. The van der Waals surface area contributed by atoms with Crippen LogP contribution in [0.4, 0.5) is 4.79 Å². The van der Waals surface area contributed by atoms with Crippen molar-refractivity contribution in [1.29, 1.82) is 0 Å². The maximum absolute atomic E-state index is 11.9. The van der Waals surface area contributed by atoms with Crippen LogP contribution >= 0.6 is 0 Å². The summed E-state index contributed by atoms with van der Waals surface area (Å²) in [5.41, 5.74) is 5.66. The third-order valence-electron chi connectivity index (χ3n) is 3.62. The molecule has 27 heavy (non-hydrogen) atoms. The predicted octanol–water partition coefficient (Wildman–Crippen LogP) is 2.49. The standard InChI is InChI=1S/C18H28N2O3.C2H5NO/c1-3-4-5-9-14-23-18(22)19-15-17(21)20(2)13-12-16-10-7-6-8-11-16;1-2(3)4/h6-8,10-11H,3-5,9,12-15H2,1-2H3,(H,19,22);1H3,(H2,3,4). The lowest BCUT2D eigenvalue weighted by Gasteiger charge is -2.17. The van der Waals surface area contributed by atoms with E-state index in [1.54, 1.807) is 11.9 Å². The monoisotopic (exact) mass is 379 g/mol. The molecule has 0 saturated heterocycles. The summed E-state index contributed by atoms with van der Waals surface area (Å²) in [5, 5.41) is 2.50. The topological polar surface area (TPSA) is 102 Å². The highest BCUT2D eigenvalue weighted by molar-refractivity contribution is 5.82. The molecule has 3 amide bonds.